The Balaban J connectivity index is 1.27. The molecule has 1 unspecified atom stereocenters. The van der Waals surface area contributed by atoms with Crippen molar-refractivity contribution in [3.05, 3.63) is 72.2 Å². The molecule has 1 saturated heterocycles. The van der Waals surface area contributed by atoms with Crippen molar-refractivity contribution in [3.63, 3.8) is 0 Å². The van der Waals surface area contributed by atoms with Gasteiger partial charge in [0.2, 0.25) is 0 Å². The highest BCUT2D eigenvalue weighted by atomic mass is 19.4. The van der Waals surface area contributed by atoms with Crippen LogP contribution >= 0.6 is 0 Å². The second-order valence-corrected chi connectivity index (χ2v) is 8.28. The number of aliphatic hydroxyl groups excluding tert-OH is 1. The topological polar surface area (TPSA) is 77.9 Å². The third kappa shape index (κ3) is 4.41. The average molecular weight is 453 g/mol. The number of nitrogens with one attached hydrogen (secondary N) is 1. The Labute approximate surface area is 188 Å². The average Bonchev–Trinajstić information content (AvgIpc) is 3.27. The smallest absolute Gasteiger partial charge is 0.388 e. The van der Waals surface area contributed by atoms with Crippen LogP contribution in [0.5, 0.6) is 0 Å². The van der Waals surface area contributed by atoms with Gasteiger partial charge in [-0.15, -0.1) is 0 Å². The van der Waals surface area contributed by atoms with Crippen molar-refractivity contribution in [1.82, 2.24) is 19.9 Å². The van der Waals surface area contributed by atoms with Crippen molar-refractivity contribution in [3.8, 4) is 11.4 Å². The quantitative estimate of drug-likeness (QED) is 0.455. The van der Waals surface area contributed by atoms with Crippen LogP contribution in [0.25, 0.3) is 22.4 Å². The molecule has 33 heavy (non-hydrogen) atoms. The van der Waals surface area contributed by atoms with Crippen molar-refractivity contribution in [2.45, 2.75) is 25.1 Å². The van der Waals surface area contributed by atoms with Crippen molar-refractivity contribution in [2.24, 2.45) is 5.92 Å². The summed E-state index contributed by atoms with van der Waals surface area (Å²) in [6.07, 6.45) is 1.83. The Morgan fingerprint density at radius 2 is 1.88 bits per heavy atom. The first-order valence-electron chi connectivity index (χ1n) is 10.7. The summed E-state index contributed by atoms with van der Waals surface area (Å²) in [5, 5.41) is 10.6. The number of rotatable bonds is 4. The zero-order chi connectivity index (χ0) is 23.0. The van der Waals surface area contributed by atoms with E-state index in [0.29, 0.717) is 22.4 Å². The van der Waals surface area contributed by atoms with Crippen molar-refractivity contribution in [2.75, 3.05) is 18.0 Å². The number of aliphatic hydroxyl groups is 1. The van der Waals surface area contributed by atoms with Crippen molar-refractivity contribution >= 4 is 16.9 Å². The monoisotopic (exact) mass is 453 g/mol. The number of hydrogen-bond donors (Lipinski definition) is 2. The lowest BCUT2D eigenvalue weighted by molar-refractivity contribution is -0.137. The van der Waals surface area contributed by atoms with Crippen LogP contribution in [0.1, 0.15) is 30.1 Å². The summed E-state index contributed by atoms with van der Waals surface area (Å²) in [6.45, 7) is 1.55. The Hall–Kier alpha value is -3.46. The molecule has 6 nitrogen and oxygen atoms in total. The molecule has 1 atom stereocenters. The molecular formula is C24H22F3N5O. The minimum absolute atomic E-state index is 0.168. The first kappa shape index (κ1) is 21.4. The fourth-order valence-electron chi connectivity index (χ4n) is 4.30. The summed E-state index contributed by atoms with van der Waals surface area (Å²) in [7, 11) is 0. The van der Waals surface area contributed by atoms with Gasteiger partial charge in [0, 0.05) is 37.2 Å². The number of benzene rings is 1. The number of halogens is 3. The lowest BCUT2D eigenvalue weighted by atomic mass is 9.88. The predicted octanol–water partition coefficient (Wildman–Crippen LogP) is 4.99. The highest BCUT2D eigenvalue weighted by Crippen LogP contribution is 2.33. The van der Waals surface area contributed by atoms with E-state index in [2.05, 4.69) is 24.8 Å². The number of piperidine rings is 1. The van der Waals surface area contributed by atoms with Crippen LogP contribution in [0.4, 0.5) is 19.0 Å². The first-order chi connectivity index (χ1) is 15.9. The number of pyridine rings is 2. The van der Waals surface area contributed by atoms with Crippen LogP contribution in [0.3, 0.4) is 0 Å². The molecule has 1 aliphatic rings. The van der Waals surface area contributed by atoms with Gasteiger partial charge < -0.3 is 15.0 Å². The number of anilines is 1. The van der Waals surface area contributed by atoms with E-state index in [1.165, 1.54) is 6.07 Å². The van der Waals surface area contributed by atoms with E-state index in [4.69, 9.17) is 0 Å². The van der Waals surface area contributed by atoms with E-state index in [1.54, 1.807) is 18.6 Å². The Morgan fingerprint density at radius 3 is 2.55 bits per heavy atom. The molecule has 0 spiro atoms. The summed E-state index contributed by atoms with van der Waals surface area (Å²) in [4.78, 5) is 18.2. The third-order valence-electron chi connectivity index (χ3n) is 6.17. The van der Waals surface area contributed by atoms with Gasteiger partial charge >= 0.3 is 6.18 Å². The van der Waals surface area contributed by atoms with Gasteiger partial charge in [0.25, 0.3) is 0 Å². The normalized spacial score (nSPS) is 16.3. The lowest BCUT2D eigenvalue weighted by Crippen LogP contribution is -2.36. The molecule has 0 aliphatic carbocycles. The van der Waals surface area contributed by atoms with Crippen LogP contribution in [0.2, 0.25) is 0 Å². The molecule has 0 bridgehead atoms. The summed E-state index contributed by atoms with van der Waals surface area (Å²) >= 11 is 0. The number of fused-ring (bicyclic) bond motifs is 1. The zero-order valence-corrected chi connectivity index (χ0v) is 17.6. The molecule has 4 heterocycles. The molecule has 170 valence electrons. The molecule has 1 fully saturated rings. The Bertz CT molecular complexity index is 1230. The molecule has 0 saturated carbocycles. The molecular weight excluding hydrogens is 431 g/mol. The van der Waals surface area contributed by atoms with Crippen molar-refractivity contribution < 1.29 is 18.3 Å². The molecule has 0 radical (unpaired) electrons. The molecule has 5 rings (SSSR count). The van der Waals surface area contributed by atoms with E-state index < -0.39 is 17.8 Å². The Morgan fingerprint density at radius 1 is 1.06 bits per heavy atom. The maximum Gasteiger partial charge on any atom is 0.416 e. The first-order valence-corrected chi connectivity index (χ1v) is 10.7. The zero-order valence-electron chi connectivity index (χ0n) is 17.6. The highest BCUT2D eigenvalue weighted by Gasteiger charge is 2.31. The number of imidazole rings is 1. The van der Waals surface area contributed by atoms with Gasteiger partial charge in [-0.1, -0.05) is 6.07 Å². The maximum atomic E-state index is 13.0. The van der Waals surface area contributed by atoms with Gasteiger partial charge in [-0.3, -0.25) is 4.98 Å². The highest BCUT2D eigenvalue weighted by molar-refractivity contribution is 5.80. The van der Waals surface area contributed by atoms with E-state index in [0.717, 1.165) is 49.4 Å². The molecule has 4 aromatic rings. The van der Waals surface area contributed by atoms with Crippen LogP contribution in [0.15, 0.2) is 61.1 Å². The van der Waals surface area contributed by atoms with Crippen LogP contribution in [-0.4, -0.2) is 38.1 Å². The van der Waals surface area contributed by atoms with Gasteiger partial charge in [-0.2, -0.15) is 13.2 Å². The van der Waals surface area contributed by atoms with Crippen LogP contribution in [-0.2, 0) is 6.18 Å². The summed E-state index contributed by atoms with van der Waals surface area (Å²) < 4.78 is 38.9. The number of aromatic nitrogens is 4. The molecule has 2 N–H and O–H groups in total. The number of H-pyrrole nitrogens is 1. The molecule has 9 heteroatoms. The number of alkyl halides is 3. The molecule has 3 aromatic heterocycles. The second-order valence-electron chi connectivity index (χ2n) is 8.28. The number of hydrogen-bond acceptors (Lipinski definition) is 5. The summed E-state index contributed by atoms with van der Waals surface area (Å²) in [5.74, 6) is 1.46. The van der Waals surface area contributed by atoms with E-state index in [1.807, 2.05) is 24.3 Å². The second kappa shape index (κ2) is 8.47. The van der Waals surface area contributed by atoms with E-state index >= 15 is 0 Å². The predicted molar refractivity (Wildman–Crippen MR) is 118 cm³/mol. The fraction of sp³-hybridized carbons (Fsp3) is 0.292. The lowest BCUT2D eigenvalue weighted by Gasteiger charge is -2.35. The standard InChI is InChI=1S/C24H22F3N5O/c25-24(26,27)18-4-5-19-20(12-18)31-23(30-19)17-3-6-21(29-14-17)32-10-7-15(8-11-32)22(33)16-2-1-9-28-13-16/h1-6,9,12-15,22,33H,7-8,10-11H2,(H,30,31). The van der Waals surface area contributed by atoms with Gasteiger partial charge in [-0.25, -0.2) is 9.97 Å². The van der Waals surface area contributed by atoms with Crippen LogP contribution < -0.4 is 4.90 Å². The van der Waals surface area contributed by atoms with Gasteiger partial charge in [-0.05, 0) is 60.7 Å². The van der Waals surface area contributed by atoms with Crippen molar-refractivity contribution in [1.29, 1.82) is 0 Å². The SMILES string of the molecule is OC(c1cccnc1)C1CCN(c2ccc(-c3nc4ccc(C(F)(F)F)cc4[nH]3)cn2)CC1. The summed E-state index contributed by atoms with van der Waals surface area (Å²) in [6, 6.07) is 10.9. The van der Waals surface area contributed by atoms with E-state index in [9.17, 15) is 18.3 Å². The third-order valence-corrected chi connectivity index (χ3v) is 6.17. The Kier molecular flexibility index (Phi) is 5.49. The van der Waals surface area contributed by atoms with E-state index in [-0.39, 0.29) is 5.92 Å². The minimum atomic E-state index is -4.40. The molecule has 1 aromatic carbocycles. The van der Waals surface area contributed by atoms with Gasteiger partial charge in [0.15, 0.2) is 0 Å². The minimum Gasteiger partial charge on any atom is -0.388 e. The maximum absolute atomic E-state index is 13.0. The van der Waals surface area contributed by atoms with Crippen LogP contribution in [0, 0.1) is 5.92 Å². The number of aromatic amines is 1. The fourth-order valence-corrected chi connectivity index (χ4v) is 4.30. The van der Waals surface area contributed by atoms with Gasteiger partial charge in [0.05, 0.1) is 22.7 Å². The summed E-state index contributed by atoms with van der Waals surface area (Å²) in [5.41, 5.74) is 1.63. The molecule has 1 aliphatic heterocycles. The largest absolute Gasteiger partial charge is 0.416 e. The van der Waals surface area contributed by atoms with Gasteiger partial charge in [0.1, 0.15) is 11.6 Å². The number of nitrogens with zero attached hydrogens (tertiary/aromatic N) is 4. The molecule has 0 amide bonds.